The third-order valence-electron chi connectivity index (χ3n) is 6.14. The van der Waals surface area contributed by atoms with E-state index in [1.165, 1.54) is 7.11 Å². The highest BCUT2D eigenvalue weighted by Crippen LogP contribution is 2.33. The second kappa shape index (κ2) is 10.2. The molecule has 1 amide bonds. The Morgan fingerprint density at radius 2 is 1.97 bits per heavy atom. The number of ether oxygens (including phenoxy) is 2. The average molecular weight is 526 g/mol. The smallest absolute Gasteiger partial charge is 0.276 e. The SMILES string of the molecule is COc1ncc(-c2cc(NC(=O)c3ccn(CC4CCOCC4)n3)c3cn[nH]c3c2)cc1NS(C)(=O)=O. The van der Waals surface area contributed by atoms with Crippen molar-refractivity contribution in [3.05, 3.63) is 48.5 Å². The number of carbonyl (C=O) groups is 1. The van der Waals surface area contributed by atoms with Crippen LogP contribution in [0.25, 0.3) is 22.0 Å². The summed E-state index contributed by atoms with van der Waals surface area (Å²) in [6.45, 7) is 2.25. The zero-order valence-electron chi connectivity index (χ0n) is 20.4. The maximum Gasteiger partial charge on any atom is 0.276 e. The number of methoxy groups -OCH3 is 1. The van der Waals surface area contributed by atoms with Crippen molar-refractivity contribution in [2.75, 3.05) is 36.6 Å². The summed E-state index contributed by atoms with van der Waals surface area (Å²) in [5.74, 6) is 0.270. The summed E-state index contributed by atoms with van der Waals surface area (Å²) in [5.41, 5.74) is 3.01. The van der Waals surface area contributed by atoms with Gasteiger partial charge in [0.25, 0.3) is 5.91 Å². The molecule has 1 aliphatic rings. The molecule has 1 aliphatic heterocycles. The fourth-order valence-corrected chi connectivity index (χ4v) is 4.88. The molecule has 3 N–H and O–H groups in total. The van der Waals surface area contributed by atoms with Crippen molar-refractivity contribution in [2.24, 2.45) is 5.92 Å². The van der Waals surface area contributed by atoms with E-state index in [0.717, 1.165) is 44.2 Å². The van der Waals surface area contributed by atoms with Crippen LogP contribution in [0.4, 0.5) is 11.4 Å². The van der Waals surface area contributed by atoms with Crippen molar-refractivity contribution in [3.8, 4) is 17.0 Å². The standard InChI is InChI=1S/C24H27N7O5S/c1-35-24-22(30-37(2,33)34)11-17(12-25-24)16-9-20(18-13-26-28-21(18)10-16)27-23(32)19-3-6-31(29-19)14-15-4-7-36-8-5-15/h3,6,9-13,15,30H,4-5,7-8,14H2,1-2H3,(H,26,28)(H,27,32). The number of carbonyl (C=O) groups excluding carboxylic acids is 1. The Labute approximate surface area is 213 Å². The van der Waals surface area contributed by atoms with Gasteiger partial charge in [0.15, 0.2) is 5.69 Å². The summed E-state index contributed by atoms with van der Waals surface area (Å²) in [6.07, 6.45) is 8.01. The molecule has 37 heavy (non-hydrogen) atoms. The van der Waals surface area contributed by atoms with E-state index >= 15 is 0 Å². The number of amides is 1. The van der Waals surface area contributed by atoms with Gasteiger partial charge in [-0.3, -0.25) is 19.3 Å². The normalized spacial score (nSPS) is 14.5. The quantitative estimate of drug-likeness (QED) is 0.317. The number of hydrogen-bond donors (Lipinski definition) is 3. The molecule has 0 spiro atoms. The number of nitrogens with one attached hydrogen (secondary N) is 3. The molecule has 0 unspecified atom stereocenters. The monoisotopic (exact) mass is 525 g/mol. The van der Waals surface area contributed by atoms with Crippen LogP contribution < -0.4 is 14.8 Å². The fraction of sp³-hybridized carbons (Fsp3) is 0.333. The number of fused-ring (bicyclic) bond motifs is 1. The number of anilines is 2. The number of aromatic nitrogens is 5. The Balaban J connectivity index is 1.42. The number of pyridine rings is 1. The van der Waals surface area contributed by atoms with Crippen LogP contribution in [0.5, 0.6) is 5.88 Å². The first kappa shape index (κ1) is 24.7. The third-order valence-corrected chi connectivity index (χ3v) is 6.73. The molecule has 0 bridgehead atoms. The van der Waals surface area contributed by atoms with Gasteiger partial charge in [-0.05, 0) is 48.6 Å². The number of rotatable bonds is 8. The van der Waals surface area contributed by atoms with Gasteiger partial charge in [0, 0.05) is 43.1 Å². The largest absolute Gasteiger partial charge is 0.480 e. The predicted octanol–water partition coefficient (Wildman–Crippen LogP) is 2.88. The van der Waals surface area contributed by atoms with Gasteiger partial charge in [-0.25, -0.2) is 13.4 Å². The van der Waals surface area contributed by atoms with Crippen molar-refractivity contribution < 1.29 is 22.7 Å². The van der Waals surface area contributed by atoms with E-state index in [-0.39, 0.29) is 17.5 Å². The van der Waals surface area contributed by atoms with Gasteiger partial charge in [-0.15, -0.1) is 0 Å². The zero-order valence-corrected chi connectivity index (χ0v) is 21.2. The Kier molecular flexibility index (Phi) is 6.80. The summed E-state index contributed by atoms with van der Waals surface area (Å²) in [5, 5.41) is 15.1. The lowest BCUT2D eigenvalue weighted by Crippen LogP contribution is -2.21. The molecule has 0 saturated carbocycles. The summed E-state index contributed by atoms with van der Waals surface area (Å²) in [4.78, 5) is 17.3. The summed E-state index contributed by atoms with van der Waals surface area (Å²) in [7, 11) is -2.15. The van der Waals surface area contributed by atoms with Crippen molar-refractivity contribution >= 4 is 38.2 Å². The van der Waals surface area contributed by atoms with E-state index in [1.807, 2.05) is 12.3 Å². The van der Waals surface area contributed by atoms with Gasteiger partial charge in [0.1, 0.15) is 5.69 Å². The number of sulfonamides is 1. The second-order valence-electron chi connectivity index (χ2n) is 8.94. The topological polar surface area (TPSA) is 153 Å². The molecular weight excluding hydrogens is 498 g/mol. The molecule has 0 atom stereocenters. The van der Waals surface area contributed by atoms with Crippen LogP contribution in [0.15, 0.2) is 42.9 Å². The lowest BCUT2D eigenvalue weighted by Gasteiger charge is -2.21. The van der Waals surface area contributed by atoms with Crippen LogP contribution in [0, 0.1) is 5.92 Å². The number of benzene rings is 1. The van der Waals surface area contributed by atoms with Crippen molar-refractivity contribution in [1.29, 1.82) is 0 Å². The molecule has 4 aromatic rings. The van der Waals surface area contributed by atoms with Crippen LogP contribution in [0.3, 0.4) is 0 Å². The number of hydrogen-bond acceptors (Lipinski definition) is 8. The molecule has 1 saturated heterocycles. The second-order valence-corrected chi connectivity index (χ2v) is 10.7. The van der Waals surface area contributed by atoms with Crippen LogP contribution in [-0.4, -0.2) is 65.9 Å². The van der Waals surface area contributed by atoms with Crippen molar-refractivity contribution in [2.45, 2.75) is 19.4 Å². The van der Waals surface area contributed by atoms with E-state index < -0.39 is 10.0 Å². The molecule has 12 nitrogen and oxygen atoms in total. The molecular formula is C24H27N7O5S. The Bertz CT molecular complexity index is 1540. The van der Waals surface area contributed by atoms with Crippen molar-refractivity contribution in [3.63, 3.8) is 0 Å². The molecule has 4 heterocycles. The highest BCUT2D eigenvalue weighted by atomic mass is 32.2. The van der Waals surface area contributed by atoms with E-state index in [2.05, 4.69) is 30.3 Å². The van der Waals surface area contributed by atoms with Gasteiger partial charge >= 0.3 is 0 Å². The highest BCUT2D eigenvalue weighted by Gasteiger charge is 2.18. The zero-order chi connectivity index (χ0) is 26.0. The minimum Gasteiger partial charge on any atom is -0.480 e. The fourth-order valence-electron chi connectivity index (χ4n) is 4.33. The lowest BCUT2D eigenvalue weighted by atomic mass is 10.0. The van der Waals surface area contributed by atoms with Gasteiger partial charge < -0.3 is 14.8 Å². The Morgan fingerprint density at radius 1 is 1.19 bits per heavy atom. The first-order valence-corrected chi connectivity index (χ1v) is 13.6. The minimum atomic E-state index is -3.56. The Hall–Kier alpha value is -3.97. The summed E-state index contributed by atoms with van der Waals surface area (Å²) < 4.78 is 38.4. The minimum absolute atomic E-state index is 0.140. The van der Waals surface area contributed by atoms with E-state index in [1.54, 1.807) is 35.3 Å². The van der Waals surface area contributed by atoms with E-state index in [0.29, 0.717) is 33.9 Å². The predicted molar refractivity (Wildman–Crippen MR) is 138 cm³/mol. The molecule has 3 aromatic heterocycles. The number of nitrogens with zero attached hydrogens (tertiary/aromatic N) is 4. The average Bonchev–Trinajstić information content (AvgIpc) is 3.53. The first-order valence-electron chi connectivity index (χ1n) is 11.7. The molecule has 5 rings (SSSR count). The maximum absolute atomic E-state index is 13.1. The number of H-pyrrole nitrogens is 1. The molecule has 194 valence electrons. The molecule has 13 heteroatoms. The third kappa shape index (κ3) is 5.73. The molecule has 0 aliphatic carbocycles. The maximum atomic E-state index is 13.1. The van der Waals surface area contributed by atoms with Gasteiger partial charge in [-0.2, -0.15) is 10.2 Å². The highest BCUT2D eigenvalue weighted by molar-refractivity contribution is 7.92. The first-order chi connectivity index (χ1) is 17.8. The van der Waals surface area contributed by atoms with Crippen molar-refractivity contribution in [1.82, 2.24) is 25.0 Å². The molecule has 0 radical (unpaired) electrons. The van der Waals surface area contributed by atoms with Gasteiger partial charge in [0.05, 0.1) is 30.8 Å². The number of aromatic amines is 1. The van der Waals surface area contributed by atoms with Crippen LogP contribution in [-0.2, 0) is 21.3 Å². The van der Waals surface area contributed by atoms with Crippen LogP contribution in [0.1, 0.15) is 23.3 Å². The van der Waals surface area contributed by atoms with E-state index in [4.69, 9.17) is 9.47 Å². The lowest BCUT2D eigenvalue weighted by molar-refractivity contribution is 0.0601. The van der Waals surface area contributed by atoms with Gasteiger partial charge in [-0.1, -0.05) is 0 Å². The summed E-state index contributed by atoms with van der Waals surface area (Å²) in [6, 6.07) is 6.94. The molecule has 1 fully saturated rings. The van der Waals surface area contributed by atoms with Crippen LogP contribution >= 0.6 is 0 Å². The van der Waals surface area contributed by atoms with Crippen LogP contribution in [0.2, 0.25) is 0 Å². The Morgan fingerprint density at radius 3 is 2.73 bits per heavy atom. The van der Waals surface area contributed by atoms with E-state index in [9.17, 15) is 13.2 Å². The summed E-state index contributed by atoms with van der Waals surface area (Å²) >= 11 is 0. The van der Waals surface area contributed by atoms with Gasteiger partial charge in [0.2, 0.25) is 15.9 Å². The molecule has 1 aromatic carbocycles.